The van der Waals surface area contributed by atoms with E-state index in [9.17, 15) is 4.39 Å². The van der Waals surface area contributed by atoms with Crippen LogP contribution in [0.25, 0.3) is 0 Å². The highest BCUT2D eigenvalue weighted by atomic mass is 79.9. The maximum Gasteiger partial charge on any atom is 0.137 e. The molecule has 0 aliphatic rings. The molecule has 0 amide bonds. The molecule has 0 aliphatic heterocycles. The summed E-state index contributed by atoms with van der Waals surface area (Å²) in [7, 11) is 0. The summed E-state index contributed by atoms with van der Waals surface area (Å²) in [5.41, 5.74) is 8.01. The van der Waals surface area contributed by atoms with E-state index in [0.29, 0.717) is 4.47 Å². The Morgan fingerprint density at radius 1 is 0.944 bits per heavy atom. The van der Waals surface area contributed by atoms with E-state index >= 15 is 0 Å². The number of halogens is 4. The molecule has 1 nitrogen and oxygen atoms in total. The summed E-state index contributed by atoms with van der Waals surface area (Å²) in [5.74, 6) is -0.291. The van der Waals surface area contributed by atoms with Crippen LogP contribution in [0.4, 0.5) is 4.39 Å². The van der Waals surface area contributed by atoms with Gasteiger partial charge in [-0.15, -0.1) is 0 Å². The molecule has 0 aliphatic carbocycles. The minimum Gasteiger partial charge on any atom is -0.320 e. The van der Waals surface area contributed by atoms with Crippen molar-refractivity contribution in [3.8, 4) is 0 Å². The highest BCUT2D eigenvalue weighted by Gasteiger charge is 2.13. The third-order valence-corrected chi connectivity index (χ3v) is 4.39. The van der Waals surface area contributed by atoms with Gasteiger partial charge in [0, 0.05) is 8.95 Å². The predicted octanol–water partition coefficient (Wildman–Crippen LogP) is 5.16. The second-order valence-corrected chi connectivity index (χ2v) is 6.44. The topological polar surface area (TPSA) is 26.0 Å². The Labute approximate surface area is 130 Å². The SMILES string of the molecule is NC(c1ccc(F)c(Br)c1)c1ccc(Br)cc1Br. The van der Waals surface area contributed by atoms with E-state index in [1.165, 1.54) is 6.07 Å². The number of hydrogen-bond acceptors (Lipinski definition) is 1. The van der Waals surface area contributed by atoms with E-state index in [1.54, 1.807) is 12.1 Å². The quantitative estimate of drug-likeness (QED) is 0.689. The lowest BCUT2D eigenvalue weighted by Gasteiger charge is -2.15. The third-order valence-electron chi connectivity index (χ3n) is 2.60. The summed E-state index contributed by atoms with van der Waals surface area (Å²) in [6, 6.07) is 10.3. The van der Waals surface area contributed by atoms with Crippen LogP contribution in [0, 0.1) is 5.82 Å². The van der Waals surface area contributed by atoms with E-state index < -0.39 is 0 Å². The second-order valence-electron chi connectivity index (χ2n) is 3.82. The van der Waals surface area contributed by atoms with Gasteiger partial charge in [0.15, 0.2) is 0 Å². The molecule has 0 heterocycles. The van der Waals surface area contributed by atoms with E-state index in [4.69, 9.17) is 5.73 Å². The fourth-order valence-electron chi connectivity index (χ4n) is 1.64. The Balaban J connectivity index is 2.41. The van der Waals surface area contributed by atoms with Crippen LogP contribution in [-0.2, 0) is 0 Å². The van der Waals surface area contributed by atoms with Gasteiger partial charge in [-0.05, 0) is 51.3 Å². The molecule has 0 saturated carbocycles. The molecule has 2 aromatic rings. The number of benzene rings is 2. The summed E-state index contributed by atoms with van der Waals surface area (Å²) in [6.07, 6.45) is 0. The summed E-state index contributed by atoms with van der Waals surface area (Å²) in [6.45, 7) is 0. The van der Waals surface area contributed by atoms with Crippen molar-refractivity contribution in [1.82, 2.24) is 0 Å². The van der Waals surface area contributed by atoms with Crippen molar-refractivity contribution < 1.29 is 4.39 Å². The maximum atomic E-state index is 13.2. The standard InChI is InChI=1S/C13H9Br3FN/c14-8-2-3-9(10(15)6-8)13(18)7-1-4-12(17)11(16)5-7/h1-6,13H,18H2. The fraction of sp³-hybridized carbons (Fsp3) is 0.0769. The van der Waals surface area contributed by atoms with Gasteiger partial charge >= 0.3 is 0 Å². The Morgan fingerprint density at radius 3 is 2.28 bits per heavy atom. The van der Waals surface area contributed by atoms with Crippen molar-refractivity contribution in [2.75, 3.05) is 0 Å². The molecular weight excluding hydrogens is 429 g/mol. The van der Waals surface area contributed by atoms with Gasteiger partial charge in [-0.3, -0.25) is 0 Å². The van der Waals surface area contributed by atoms with Gasteiger partial charge in [0.1, 0.15) is 5.82 Å². The molecule has 0 fully saturated rings. The lowest BCUT2D eigenvalue weighted by Crippen LogP contribution is -2.12. The van der Waals surface area contributed by atoms with Crippen molar-refractivity contribution in [1.29, 1.82) is 0 Å². The normalized spacial score (nSPS) is 12.5. The molecule has 94 valence electrons. The average molecular weight is 438 g/mol. The largest absolute Gasteiger partial charge is 0.320 e. The summed E-state index contributed by atoms with van der Waals surface area (Å²) in [5, 5.41) is 0. The van der Waals surface area contributed by atoms with Gasteiger partial charge < -0.3 is 5.73 Å². The highest BCUT2D eigenvalue weighted by molar-refractivity contribution is 9.11. The predicted molar refractivity (Wildman–Crippen MR) is 82.0 cm³/mol. The summed E-state index contributed by atoms with van der Waals surface area (Å²) < 4.78 is 15.5. The van der Waals surface area contributed by atoms with E-state index in [0.717, 1.165) is 20.1 Å². The zero-order chi connectivity index (χ0) is 13.3. The average Bonchev–Trinajstić information content (AvgIpc) is 2.32. The van der Waals surface area contributed by atoms with Crippen LogP contribution in [0.15, 0.2) is 49.8 Å². The zero-order valence-corrected chi connectivity index (χ0v) is 13.9. The lowest BCUT2D eigenvalue weighted by atomic mass is 10.00. The zero-order valence-electron chi connectivity index (χ0n) is 9.13. The van der Waals surface area contributed by atoms with E-state index in [1.807, 2.05) is 18.2 Å². The molecule has 0 spiro atoms. The van der Waals surface area contributed by atoms with Gasteiger partial charge in [-0.2, -0.15) is 0 Å². The Hall–Kier alpha value is -0.230. The molecule has 5 heteroatoms. The smallest absolute Gasteiger partial charge is 0.137 e. The van der Waals surface area contributed by atoms with Crippen molar-refractivity contribution in [2.45, 2.75) is 6.04 Å². The van der Waals surface area contributed by atoms with Gasteiger partial charge in [0.2, 0.25) is 0 Å². The fourth-order valence-corrected chi connectivity index (χ4v) is 3.33. The molecule has 0 bridgehead atoms. The molecule has 18 heavy (non-hydrogen) atoms. The van der Waals surface area contributed by atoms with Crippen molar-refractivity contribution in [3.63, 3.8) is 0 Å². The van der Waals surface area contributed by atoms with Gasteiger partial charge in [-0.1, -0.05) is 44.0 Å². The number of rotatable bonds is 2. The first-order chi connectivity index (χ1) is 8.49. The van der Waals surface area contributed by atoms with Crippen LogP contribution in [0.2, 0.25) is 0 Å². The van der Waals surface area contributed by atoms with Gasteiger partial charge in [0.05, 0.1) is 10.5 Å². The van der Waals surface area contributed by atoms with E-state index in [2.05, 4.69) is 47.8 Å². The Morgan fingerprint density at radius 2 is 1.67 bits per heavy atom. The molecule has 0 radical (unpaired) electrons. The molecule has 0 saturated heterocycles. The first-order valence-corrected chi connectivity index (χ1v) is 7.52. The first kappa shape index (κ1) is 14.2. The molecule has 0 aromatic heterocycles. The van der Waals surface area contributed by atoms with Crippen LogP contribution in [0.5, 0.6) is 0 Å². The molecule has 2 rings (SSSR count). The molecule has 1 atom stereocenters. The van der Waals surface area contributed by atoms with E-state index in [-0.39, 0.29) is 11.9 Å². The first-order valence-electron chi connectivity index (χ1n) is 5.14. The van der Waals surface area contributed by atoms with Crippen LogP contribution in [0.1, 0.15) is 17.2 Å². The summed E-state index contributed by atoms with van der Waals surface area (Å²) in [4.78, 5) is 0. The number of hydrogen-bond donors (Lipinski definition) is 1. The van der Waals surface area contributed by atoms with Gasteiger partial charge in [-0.25, -0.2) is 4.39 Å². The Kier molecular flexibility index (Phi) is 4.59. The van der Waals surface area contributed by atoms with Crippen LogP contribution >= 0.6 is 47.8 Å². The monoisotopic (exact) mass is 435 g/mol. The van der Waals surface area contributed by atoms with Crippen molar-refractivity contribution >= 4 is 47.8 Å². The van der Waals surface area contributed by atoms with Crippen LogP contribution in [0.3, 0.4) is 0 Å². The number of nitrogens with two attached hydrogens (primary N) is 1. The van der Waals surface area contributed by atoms with Crippen LogP contribution in [-0.4, -0.2) is 0 Å². The molecule has 1 unspecified atom stereocenters. The lowest BCUT2D eigenvalue weighted by molar-refractivity contribution is 0.619. The van der Waals surface area contributed by atoms with Gasteiger partial charge in [0.25, 0.3) is 0 Å². The Bertz CT molecular complexity index is 586. The summed E-state index contributed by atoms with van der Waals surface area (Å²) >= 11 is 10.0. The maximum absolute atomic E-state index is 13.2. The molecule has 2 aromatic carbocycles. The van der Waals surface area contributed by atoms with Crippen molar-refractivity contribution in [3.05, 3.63) is 66.8 Å². The molecule has 2 N–H and O–H groups in total. The van der Waals surface area contributed by atoms with Crippen molar-refractivity contribution in [2.24, 2.45) is 5.73 Å². The minimum absolute atomic E-state index is 0.291. The van der Waals surface area contributed by atoms with Crippen LogP contribution < -0.4 is 5.73 Å². The second kappa shape index (κ2) is 5.82. The minimum atomic E-state index is -0.302. The molecular formula is C13H9Br3FN. The highest BCUT2D eigenvalue weighted by Crippen LogP contribution is 2.30. The third kappa shape index (κ3) is 3.02.